The standard InChI is InChI=1S/C59H68N10O21S.Na/c1-4-19-86-38-16-14-32(15-17-38)31-6-10-34(11-7-31)56-66-67-57(87-56)35-12-8-33(9-13-35)51(78)62-39-22-36(71)25-61-55(82)49-50(77)28(2)26-69(49)59(84)48(43(75)24-45(60)76)65-54(81)47(42(74)20-30-5-18-41(73)44(21-30)88-91-90-89-85)64-53(80)40-23-37(72)27-68(40)58(83)46(29(3)70)63-52(39)79;/h4-18,21,28-29,36-37,39-40,42-43,46-50,70-75,77,85H,1,19-20,22-27H2,2-3H3,(H2,60,76)(H,61,82)(H,62,78)(H,63,79)(H,64,80)(H,65,81);/q;+1/p-1/t28?,29?,36?,37?,39-,40?,42?,43?,46?,47?,48?,49?,50?;/m0./s1. The molecule has 14 N–H and O–H groups in total. The van der Waals surface area contributed by atoms with Crippen molar-refractivity contribution in [2.45, 2.75) is 112 Å². The third kappa shape index (κ3) is 17.7. The Morgan fingerprint density at radius 2 is 1.38 bits per heavy atom. The van der Waals surface area contributed by atoms with Gasteiger partial charge in [0.05, 0.1) is 43.0 Å². The number of aromatic hydroxyl groups is 1. The molecule has 0 bridgehead atoms. The summed E-state index contributed by atoms with van der Waals surface area (Å²) in [5, 5.41) is 112. The SMILES string of the molecule is C=CCOc1ccc(-c2ccc(-c3nnc(-c4ccc(C(=O)N[C@H]5CC(O)CNC(=O)C6C(O)C(C)CN6C(=O)C(C(O)CC(N)=O)NC(=O)C(C(O)Cc6ccc(O)c(OSOO[O-])c6)NC(=O)C6CC(O)CN6C(=O)C(C(C)O)NC5=O)cc4)o3)cc2)cc1.[Na+]. The number of carbonyl (C=O) groups excluding carboxylic acids is 8. The number of aromatic nitrogens is 2. The Hall–Kier alpha value is -8.09. The predicted octanol–water partition coefficient (Wildman–Crippen LogP) is -5.67. The number of primary amides is 1. The molecule has 3 aliphatic heterocycles. The third-order valence-electron chi connectivity index (χ3n) is 15.3. The number of amides is 8. The van der Waals surface area contributed by atoms with Gasteiger partial charge in [0.1, 0.15) is 48.6 Å². The molecule has 13 atom stereocenters. The van der Waals surface area contributed by atoms with E-state index in [1.165, 1.54) is 37.3 Å². The van der Waals surface area contributed by atoms with Crippen LogP contribution in [0.4, 0.5) is 0 Å². The van der Waals surface area contributed by atoms with Crippen LogP contribution in [-0.4, -0.2) is 202 Å². The number of ether oxygens (including phenoxy) is 1. The molecule has 0 spiro atoms. The Kier molecular flexibility index (Phi) is 25.2. The Labute approximate surface area is 551 Å². The van der Waals surface area contributed by atoms with Gasteiger partial charge in [0.15, 0.2) is 11.5 Å². The number of β-amino-alcohol motifs (C(OH)–C–C–N with tert-alkyl or cyclic N) is 1. The number of fused-ring (bicyclic) bond motifs is 2. The number of phenols is 1. The minimum absolute atomic E-state index is 0. The summed E-state index contributed by atoms with van der Waals surface area (Å²) in [4.78, 5) is 115. The van der Waals surface area contributed by atoms with Gasteiger partial charge in [-0.25, -0.2) is 0 Å². The largest absolute Gasteiger partial charge is 1.00 e. The summed E-state index contributed by atoms with van der Waals surface area (Å²) in [5.74, 6) is -10.4. The minimum atomic E-state index is -2.23. The molecule has 486 valence electrons. The summed E-state index contributed by atoms with van der Waals surface area (Å²) >= 11 is -0.0103. The first-order chi connectivity index (χ1) is 43.4. The quantitative estimate of drug-likeness (QED) is 0.00915. The van der Waals surface area contributed by atoms with E-state index in [9.17, 15) is 79.4 Å². The van der Waals surface area contributed by atoms with E-state index < -0.39 is 177 Å². The normalized spacial score (nSPS) is 24.4. The molecule has 4 heterocycles. The van der Waals surface area contributed by atoms with Crippen molar-refractivity contribution in [2.75, 3.05) is 26.2 Å². The molecule has 31 nitrogen and oxygen atoms in total. The smallest absolute Gasteiger partial charge is 0.691 e. The molecule has 3 saturated heterocycles. The Balaban J connectivity index is 0.0000120. The van der Waals surface area contributed by atoms with Gasteiger partial charge < -0.3 is 96.5 Å². The summed E-state index contributed by atoms with van der Waals surface area (Å²) in [5.41, 5.74) is 8.26. The van der Waals surface area contributed by atoms with E-state index in [0.29, 0.717) is 23.5 Å². The van der Waals surface area contributed by atoms with Gasteiger partial charge in [0.25, 0.3) is 18.2 Å². The molecular weight excluding hydrogens is 1240 g/mol. The number of nitrogens with one attached hydrogen (secondary N) is 5. The average Bonchev–Trinajstić information content (AvgIpc) is 1.63. The van der Waals surface area contributed by atoms with Crippen molar-refractivity contribution in [1.29, 1.82) is 0 Å². The molecule has 5 aromatic rings. The van der Waals surface area contributed by atoms with Crippen LogP contribution in [0.15, 0.2) is 108 Å². The van der Waals surface area contributed by atoms with Crippen molar-refractivity contribution in [1.82, 2.24) is 46.6 Å². The predicted molar refractivity (Wildman–Crippen MR) is 313 cm³/mol. The molecule has 4 aromatic carbocycles. The molecular formula is C59H67N10NaO21S. The fourth-order valence-electron chi connectivity index (χ4n) is 10.6. The summed E-state index contributed by atoms with van der Waals surface area (Å²) in [6.45, 7) is 4.82. The van der Waals surface area contributed by atoms with E-state index in [0.717, 1.165) is 40.0 Å². The summed E-state index contributed by atoms with van der Waals surface area (Å²) < 4.78 is 20.7. The van der Waals surface area contributed by atoms with Crippen LogP contribution in [0.3, 0.4) is 0 Å². The van der Waals surface area contributed by atoms with Crippen molar-refractivity contribution < 1.29 is 132 Å². The molecule has 0 radical (unpaired) electrons. The van der Waals surface area contributed by atoms with Crippen LogP contribution < -0.4 is 76.1 Å². The first kappa shape index (κ1) is 71.4. The van der Waals surface area contributed by atoms with Crippen LogP contribution in [0.1, 0.15) is 49.0 Å². The van der Waals surface area contributed by atoms with Crippen LogP contribution >= 0.6 is 12.3 Å². The molecule has 33 heteroatoms. The first-order valence-corrected chi connectivity index (χ1v) is 29.1. The van der Waals surface area contributed by atoms with E-state index in [1.54, 1.807) is 18.2 Å². The molecule has 3 fully saturated rings. The Morgan fingerprint density at radius 1 is 0.783 bits per heavy atom. The number of nitrogens with zero attached hydrogens (tertiary/aromatic N) is 4. The molecule has 12 unspecified atom stereocenters. The molecule has 3 aliphatic rings. The minimum Gasteiger partial charge on any atom is -0.691 e. The maximum absolute atomic E-state index is 14.7. The molecule has 0 saturated carbocycles. The summed E-state index contributed by atoms with van der Waals surface area (Å²) in [6.07, 6.45) is -12.1. The summed E-state index contributed by atoms with van der Waals surface area (Å²) in [7, 11) is 0. The first-order valence-electron chi connectivity index (χ1n) is 28.4. The van der Waals surface area contributed by atoms with Crippen LogP contribution in [0.2, 0.25) is 0 Å². The van der Waals surface area contributed by atoms with Gasteiger partial charge in [0, 0.05) is 61.5 Å². The van der Waals surface area contributed by atoms with Gasteiger partial charge in [-0.05, 0) is 84.3 Å². The number of nitrogens with two attached hydrogens (primary N) is 1. The molecule has 0 aliphatic carbocycles. The number of phenolic OH excluding ortho intramolecular Hbond substituents is 1. The average molecular weight is 1310 g/mol. The molecule has 1 aromatic heterocycles. The van der Waals surface area contributed by atoms with E-state index >= 15 is 0 Å². The fraction of sp³-hybridized carbons (Fsp3) is 0.390. The number of aliphatic hydroxyl groups is 6. The monoisotopic (exact) mass is 1310 g/mol. The molecule has 92 heavy (non-hydrogen) atoms. The van der Waals surface area contributed by atoms with Crippen molar-refractivity contribution in [3.63, 3.8) is 0 Å². The van der Waals surface area contributed by atoms with Crippen LogP contribution in [0.5, 0.6) is 17.2 Å². The van der Waals surface area contributed by atoms with E-state index in [2.05, 4.69) is 52.7 Å². The van der Waals surface area contributed by atoms with Crippen LogP contribution in [0, 0.1) is 5.92 Å². The van der Waals surface area contributed by atoms with Gasteiger partial charge in [-0.2, -0.15) is 0 Å². The third-order valence-corrected chi connectivity index (χ3v) is 15.7. The van der Waals surface area contributed by atoms with Crippen molar-refractivity contribution >= 4 is 59.6 Å². The fourth-order valence-corrected chi connectivity index (χ4v) is 10.8. The topological polar surface area (TPSA) is 470 Å². The summed E-state index contributed by atoms with van der Waals surface area (Å²) in [6, 6.07) is 12.2. The zero-order chi connectivity index (χ0) is 65.8. The maximum Gasteiger partial charge on any atom is 1.00 e. The van der Waals surface area contributed by atoms with Crippen LogP contribution in [-0.2, 0) is 49.4 Å². The Bertz CT molecular complexity index is 3440. The van der Waals surface area contributed by atoms with Crippen LogP contribution in [0.25, 0.3) is 34.0 Å². The van der Waals surface area contributed by atoms with Crippen molar-refractivity contribution in [3.8, 4) is 51.3 Å². The Morgan fingerprint density at radius 3 is 2.00 bits per heavy atom. The second-order valence-corrected chi connectivity index (χ2v) is 22.4. The zero-order valence-corrected chi connectivity index (χ0v) is 52.5. The van der Waals surface area contributed by atoms with Crippen molar-refractivity contribution in [2.24, 2.45) is 11.7 Å². The van der Waals surface area contributed by atoms with E-state index in [4.69, 9.17) is 19.1 Å². The van der Waals surface area contributed by atoms with Gasteiger partial charge in [-0.15, -0.1) is 14.5 Å². The number of carbonyl (C=O) groups is 8. The van der Waals surface area contributed by atoms with E-state index in [-0.39, 0.29) is 70.5 Å². The van der Waals surface area contributed by atoms with Gasteiger partial charge in [0.2, 0.25) is 53.1 Å². The van der Waals surface area contributed by atoms with E-state index in [1.807, 2.05) is 36.4 Å². The van der Waals surface area contributed by atoms with Gasteiger partial charge in [-0.1, -0.05) is 49.9 Å². The maximum atomic E-state index is 14.7. The zero-order valence-electron chi connectivity index (χ0n) is 49.7. The number of hydrogen-bond acceptors (Lipinski definition) is 24. The number of hydrogen-bond donors (Lipinski definition) is 13. The molecule has 8 amide bonds. The van der Waals surface area contributed by atoms with Crippen molar-refractivity contribution in [3.05, 3.63) is 115 Å². The number of rotatable bonds is 19. The second kappa shape index (κ2) is 32.5. The van der Waals surface area contributed by atoms with Gasteiger partial charge in [-0.3, -0.25) is 43.4 Å². The number of aliphatic hydroxyl groups excluding tert-OH is 6. The molecule has 8 rings (SSSR count). The number of benzene rings is 4. The van der Waals surface area contributed by atoms with Gasteiger partial charge >= 0.3 is 29.6 Å². The second-order valence-electron chi connectivity index (χ2n) is 21.9.